The van der Waals surface area contributed by atoms with Crippen molar-refractivity contribution in [2.24, 2.45) is 7.05 Å². The molecule has 0 aliphatic carbocycles. The van der Waals surface area contributed by atoms with Crippen LogP contribution in [0.1, 0.15) is 5.69 Å². The third-order valence-corrected chi connectivity index (χ3v) is 3.24. The number of carbonyl (C=O) groups excluding carboxylic acids is 1. The number of nitrogens with zero attached hydrogens (tertiary/aromatic N) is 2. The van der Waals surface area contributed by atoms with Gasteiger partial charge in [0.25, 0.3) is 5.91 Å². The zero-order valence-corrected chi connectivity index (χ0v) is 13.0. The number of halogens is 2. The number of benzene rings is 1. The van der Waals surface area contributed by atoms with Crippen LogP contribution in [0.2, 0.25) is 10.0 Å². The average molecular weight is 328 g/mol. The van der Waals surface area contributed by atoms with Crippen LogP contribution in [0.25, 0.3) is 0 Å². The Morgan fingerprint density at radius 1 is 1.43 bits per heavy atom. The molecule has 0 spiro atoms. The summed E-state index contributed by atoms with van der Waals surface area (Å²) in [5, 5.41) is 3.66. The number of nitrogens with one attached hydrogen (secondary N) is 1. The second-order valence-electron chi connectivity index (χ2n) is 4.49. The molecule has 1 aromatic heterocycles. The summed E-state index contributed by atoms with van der Waals surface area (Å²) in [6.07, 6.45) is 4.31. The van der Waals surface area contributed by atoms with Crippen molar-refractivity contribution in [3.8, 4) is 5.75 Å². The molecule has 0 unspecified atom stereocenters. The van der Waals surface area contributed by atoms with E-state index in [-0.39, 0.29) is 12.5 Å². The van der Waals surface area contributed by atoms with Crippen molar-refractivity contribution in [2.45, 2.75) is 6.42 Å². The number of aryl methyl sites for hydroxylation is 1. The first-order chi connectivity index (χ1) is 10.0. The van der Waals surface area contributed by atoms with Crippen molar-refractivity contribution in [2.75, 3.05) is 13.2 Å². The third kappa shape index (κ3) is 4.95. The molecular formula is C14H15Cl2N3O2. The molecule has 0 bridgehead atoms. The highest BCUT2D eigenvalue weighted by Gasteiger charge is 2.06. The van der Waals surface area contributed by atoms with E-state index >= 15 is 0 Å². The third-order valence-electron chi connectivity index (χ3n) is 2.71. The summed E-state index contributed by atoms with van der Waals surface area (Å²) in [7, 11) is 1.90. The standard InChI is InChI=1S/C14H15Cl2N3O2/c1-19-7-11(18-9-19)4-5-17-14(20)8-21-13-3-2-10(15)6-12(13)16/h2-3,6-7,9H,4-5,8H2,1H3,(H,17,20). The molecule has 0 aliphatic heterocycles. The number of ether oxygens (including phenoxy) is 1. The zero-order valence-electron chi connectivity index (χ0n) is 11.5. The van der Waals surface area contributed by atoms with Crippen LogP contribution >= 0.6 is 23.2 Å². The Bertz CT molecular complexity index is 628. The zero-order chi connectivity index (χ0) is 15.2. The number of hydrogen-bond acceptors (Lipinski definition) is 3. The van der Waals surface area contributed by atoms with Gasteiger partial charge in [0, 0.05) is 31.2 Å². The van der Waals surface area contributed by atoms with Gasteiger partial charge in [-0.2, -0.15) is 0 Å². The molecule has 1 aromatic carbocycles. The quantitative estimate of drug-likeness (QED) is 0.886. The molecule has 2 aromatic rings. The molecule has 0 saturated heterocycles. The summed E-state index contributed by atoms with van der Waals surface area (Å²) in [4.78, 5) is 15.8. The molecule has 2 rings (SSSR count). The minimum atomic E-state index is -0.211. The van der Waals surface area contributed by atoms with Gasteiger partial charge in [0.05, 0.1) is 17.0 Å². The Kier molecular flexibility index (Phi) is 5.47. The van der Waals surface area contributed by atoms with Crippen LogP contribution in [-0.2, 0) is 18.3 Å². The van der Waals surface area contributed by atoms with Crippen LogP contribution in [0, 0.1) is 0 Å². The Morgan fingerprint density at radius 2 is 2.24 bits per heavy atom. The molecule has 1 heterocycles. The summed E-state index contributed by atoms with van der Waals surface area (Å²) in [6, 6.07) is 4.85. The number of amides is 1. The average Bonchev–Trinajstić information content (AvgIpc) is 2.83. The Labute approximate surface area is 132 Å². The molecule has 5 nitrogen and oxygen atoms in total. The molecule has 7 heteroatoms. The smallest absolute Gasteiger partial charge is 0.257 e. The molecule has 112 valence electrons. The van der Waals surface area contributed by atoms with Gasteiger partial charge in [0.2, 0.25) is 0 Å². The van der Waals surface area contributed by atoms with Crippen LogP contribution in [0.3, 0.4) is 0 Å². The molecule has 21 heavy (non-hydrogen) atoms. The normalized spacial score (nSPS) is 10.4. The van der Waals surface area contributed by atoms with Crippen molar-refractivity contribution < 1.29 is 9.53 Å². The van der Waals surface area contributed by atoms with E-state index in [1.165, 1.54) is 0 Å². The second-order valence-corrected chi connectivity index (χ2v) is 5.34. The topological polar surface area (TPSA) is 56.2 Å². The van der Waals surface area contributed by atoms with Gasteiger partial charge in [-0.15, -0.1) is 0 Å². The summed E-state index contributed by atoms with van der Waals surface area (Å²) >= 11 is 11.7. The Morgan fingerprint density at radius 3 is 2.90 bits per heavy atom. The summed E-state index contributed by atoms with van der Waals surface area (Å²) in [5.74, 6) is 0.220. The number of hydrogen-bond donors (Lipinski definition) is 1. The van der Waals surface area contributed by atoms with E-state index in [0.717, 1.165) is 5.69 Å². The van der Waals surface area contributed by atoms with Gasteiger partial charge in [0.1, 0.15) is 5.75 Å². The molecule has 0 radical (unpaired) electrons. The largest absolute Gasteiger partial charge is 0.482 e. The highest BCUT2D eigenvalue weighted by atomic mass is 35.5. The fourth-order valence-corrected chi connectivity index (χ4v) is 2.18. The first kappa shape index (κ1) is 15.7. The van der Waals surface area contributed by atoms with Crippen molar-refractivity contribution in [1.29, 1.82) is 0 Å². The maximum absolute atomic E-state index is 11.7. The Balaban J connectivity index is 1.72. The van der Waals surface area contributed by atoms with Crippen molar-refractivity contribution in [1.82, 2.24) is 14.9 Å². The van der Waals surface area contributed by atoms with E-state index in [9.17, 15) is 4.79 Å². The van der Waals surface area contributed by atoms with Crippen LogP contribution < -0.4 is 10.1 Å². The van der Waals surface area contributed by atoms with Crippen LogP contribution in [0.5, 0.6) is 5.75 Å². The number of imidazole rings is 1. The minimum absolute atomic E-state index is 0.0937. The predicted molar refractivity (Wildman–Crippen MR) is 81.9 cm³/mol. The first-order valence-corrected chi connectivity index (χ1v) is 7.11. The molecule has 1 amide bonds. The number of rotatable bonds is 6. The lowest BCUT2D eigenvalue weighted by Gasteiger charge is -2.08. The fraction of sp³-hybridized carbons (Fsp3) is 0.286. The van der Waals surface area contributed by atoms with E-state index in [1.807, 2.05) is 17.8 Å². The van der Waals surface area contributed by atoms with Crippen molar-refractivity contribution in [3.63, 3.8) is 0 Å². The summed E-state index contributed by atoms with van der Waals surface area (Å²) < 4.78 is 7.20. The summed E-state index contributed by atoms with van der Waals surface area (Å²) in [6.45, 7) is 0.414. The highest BCUT2D eigenvalue weighted by molar-refractivity contribution is 6.35. The van der Waals surface area contributed by atoms with Gasteiger partial charge >= 0.3 is 0 Å². The lowest BCUT2D eigenvalue weighted by Crippen LogP contribution is -2.30. The Hall–Kier alpha value is -1.72. The van der Waals surface area contributed by atoms with Crippen LogP contribution in [0.4, 0.5) is 0 Å². The molecule has 0 atom stereocenters. The van der Waals surface area contributed by atoms with Crippen molar-refractivity contribution in [3.05, 3.63) is 46.5 Å². The second kappa shape index (κ2) is 7.33. The fourth-order valence-electron chi connectivity index (χ4n) is 1.71. The van der Waals surface area contributed by atoms with Gasteiger partial charge in [0.15, 0.2) is 6.61 Å². The lowest BCUT2D eigenvalue weighted by molar-refractivity contribution is -0.123. The number of aromatic nitrogens is 2. The maximum Gasteiger partial charge on any atom is 0.257 e. The summed E-state index contributed by atoms with van der Waals surface area (Å²) in [5.41, 5.74) is 0.930. The van der Waals surface area contributed by atoms with Crippen molar-refractivity contribution >= 4 is 29.1 Å². The van der Waals surface area contributed by atoms with E-state index in [0.29, 0.717) is 28.8 Å². The number of carbonyl (C=O) groups is 1. The monoisotopic (exact) mass is 327 g/mol. The molecule has 0 aliphatic rings. The van der Waals surface area contributed by atoms with E-state index in [4.69, 9.17) is 27.9 Å². The van der Waals surface area contributed by atoms with Crippen LogP contribution in [0.15, 0.2) is 30.7 Å². The minimum Gasteiger partial charge on any atom is -0.482 e. The lowest BCUT2D eigenvalue weighted by atomic mass is 10.3. The van der Waals surface area contributed by atoms with Gasteiger partial charge in [-0.1, -0.05) is 23.2 Å². The predicted octanol–water partition coefficient (Wildman–Crippen LogP) is 2.46. The van der Waals surface area contributed by atoms with E-state index in [2.05, 4.69) is 10.3 Å². The van der Waals surface area contributed by atoms with E-state index in [1.54, 1.807) is 24.5 Å². The van der Waals surface area contributed by atoms with Gasteiger partial charge in [-0.25, -0.2) is 4.98 Å². The van der Waals surface area contributed by atoms with Gasteiger partial charge in [-0.05, 0) is 18.2 Å². The van der Waals surface area contributed by atoms with E-state index < -0.39 is 0 Å². The molecular weight excluding hydrogens is 313 g/mol. The molecule has 1 N–H and O–H groups in total. The first-order valence-electron chi connectivity index (χ1n) is 6.36. The van der Waals surface area contributed by atoms with Gasteiger partial charge < -0.3 is 14.6 Å². The molecule has 0 fully saturated rings. The maximum atomic E-state index is 11.7. The van der Waals surface area contributed by atoms with Gasteiger partial charge in [-0.3, -0.25) is 4.79 Å². The SMILES string of the molecule is Cn1cnc(CCNC(=O)COc2ccc(Cl)cc2Cl)c1. The highest BCUT2D eigenvalue weighted by Crippen LogP contribution is 2.27. The van der Waals surface area contributed by atoms with Crippen LogP contribution in [-0.4, -0.2) is 28.6 Å². The molecule has 0 saturated carbocycles.